The van der Waals surface area contributed by atoms with Crippen molar-refractivity contribution in [3.05, 3.63) is 71.5 Å². The van der Waals surface area contributed by atoms with Gasteiger partial charge in [-0.25, -0.2) is 0 Å². The van der Waals surface area contributed by atoms with Crippen LogP contribution in [0.4, 0.5) is 5.69 Å². The zero-order valence-corrected chi connectivity index (χ0v) is 17.5. The molecule has 2 nitrogen and oxygen atoms in total. The van der Waals surface area contributed by atoms with E-state index in [0.717, 1.165) is 0 Å². The van der Waals surface area contributed by atoms with Gasteiger partial charge in [0.2, 0.25) is 0 Å². The van der Waals surface area contributed by atoms with E-state index >= 15 is 0 Å². The van der Waals surface area contributed by atoms with Crippen LogP contribution < -0.4 is 0 Å². The monoisotopic (exact) mass is 374 g/mol. The summed E-state index contributed by atoms with van der Waals surface area (Å²) < 4.78 is 0. The van der Waals surface area contributed by atoms with Gasteiger partial charge in [0.25, 0.3) is 0 Å². The predicted molar refractivity (Wildman–Crippen MR) is 93.1 cm³/mol. The van der Waals surface area contributed by atoms with Gasteiger partial charge in [0.1, 0.15) is 0 Å². The van der Waals surface area contributed by atoms with Crippen LogP contribution in [-0.4, -0.2) is 5.91 Å². The number of hydrogen-bond acceptors (Lipinski definition) is 1. The summed E-state index contributed by atoms with van der Waals surface area (Å²) >= 11 is 0. The van der Waals surface area contributed by atoms with Gasteiger partial charge in [-0.3, -0.25) is 0 Å². The fraction of sp³-hybridized carbons (Fsp3) is 0.316. The van der Waals surface area contributed by atoms with E-state index in [2.05, 4.69) is 11.4 Å². The van der Waals surface area contributed by atoms with Crippen molar-refractivity contribution in [2.75, 3.05) is 0 Å². The molecule has 0 fully saturated rings. The molecule has 22 heavy (non-hydrogen) atoms. The molecule has 0 bridgehead atoms. The van der Waals surface area contributed by atoms with Crippen molar-refractivity contribution >= 4 is 11.6 Å². The molecule has 119 valence electrons. The van der Waals surface area contributed by atoms with Crippen molar-refractivity contribution in [3.8, 4) is 0 Å². The van der Waals surface area contributed by atoms with Gasteiger partial charge in [-0.15, -0.1) is 41.6 Å². The fourth-order valence-corrected chi connectivity index (χ4v) is 1.21. The molecule has 0 saturated heterocycles. The van der Waals surface area contributed by atoms with Gasteiger partial charge in [0, 0.05) is 32.7 Å². The molecule has 0 heterocycles. The molecule has 0 N–H and O–H groups in total. The maximum atomic E-state index is 11.6. The largest absolute Gasteiger partial charge is 0.668 e. The Morgan fingerprint density at radius 1 is 0.818 bits per heavy atom. The Bertz CT molecular complexity index is 444. The van der Waals surface area contributed by atoms with Crippen LogP contribution in [0.15, 0.2) is 54.6 Å². The molecule has 0 saturated carbocycles. The van der Waals surface area contributed by atoms with Crippen LogP contribution in [-0.2, 0) is 32.7 Å². The minimum Gasteiger partial charge on any atom is -0.668 e. The van der Waals surface area contributed by atoms with Gasteiger partial charge in [-0.2, -0.15) is 0 Å². The maximum Gasteiger partial charge on any atom is 0 e. The smallest absolute Gasteiger partial charge is 0 e. The molecule has 0 aliphatic rings. The van der Waals surface area contributed by atoms with Crippen molar-refractivity contribution in [2.45, 2.75) is 41.5 Å². The van der Waals surface area contributed by atoms with Crippen LogP contribution in [0.3, 0.4) is 0 Å². The van der Waals surface area contributed by atoms with E-state index < -0.39 is 0 Å². The molecule has 2 rings (SSSR count). The average molecular weight is 374 g/mol. The third-order valence-electron chi connectivity index (χ3n) is 1.93. The SMILES string of the molecule is CC.CC.CC.O=C([N-]c1ccccc1)c1[c-]cccc1.[Y]. The van der Waals surface area contributed by atoms with E-state index in [9.17, 15) is 4.79 Å². The maximum absolute atomic E-state index is 11.6. The third kappa shape index (κ3) is 11.6. The number of nitrogens with zero attached hydrogens (tertiary/aromatic N) is 1. The van der Waals surface area contributed by atoms with Gasteiger partial charge >= 0.3 is 0 Å². The molecule has 2 aromatic carbocycles. The molecule has 0 aliphatic heterocycles. The van der Waals surface area contributed by atoms with Crippen molar-refractivity contribution in [3.63, 3.8) is 0 Å². The van der Waals surface area contributed by atoms with Crippen molar-refractivity contribution in [1.29, 1.82) is 0 Å². The standard InChI is InChI=1S/C13H10NO.3C2H6.Y/c15-13(11-7-3-1-4-8-11)14-12-9-5-2-6-10-12;3*1-2;/h1-7,9-10H,(H,14,15);3*1-2H3;/q-1;;;;/p-1. The van der Waals surface area contributed by atoms with Gasteiger partial charge in [0.05, 0.1) is 0 Å². The Hall–Kier alpha value is -0.986. The number of para-hydroxylation sites is 1. The summed E-state index contributed by atoms with van der Waals surface area (Å²) in [4.78, 5) is 11.6. The van der Waals surface area contributed by atoms with Crippen LogP contribution in [0.25, 0.3) is 5.32 Å². The molecule has 2 aromatic rings. The van der Waals surface area contributed by atoms with Crippen molar-refractivity contribution in [1.82, 2.24) is 0 Å². The molecular weight excluding hydrogens is 347 g/mol. The summed E-state index contributed by atoms with van der Waals surface area (Å²) in [6, 6.07) is 19.0. The molecule has 3 heteroatoms. The summed E-state index contributed by atoms with van der Waals surface area (Å²) in [5, 5.41) is 3.96. The Morgan fingerprint density at radius 3 is 1.77 bits per heavy atom. The van der Waals surface area contributed by atoms with Gasteiger partial charge < -0.3 is 10.1 Å². The van der Waals surface area contributed by atoms with Gasteiger partial charge in [-0.1, -0.05) is 71.9 Å². The summed E-state index contributed by atoms with van der Waals surface area (Å²) in [6.07, 6.45) is 0. The molecule has 0 aromatic heterocycles. The number of benzene rings is 2. The number of rotatable bonds is 2. The summed E-state index contributed by atoms with van der Waals surface area (Å²) in [7, 11) is 0. The average Bonchev–Trinajstić information content (AvgIpc) is 2.62. The van der Waals surface area contributed by atoms with Gasteiger partial charge in [-0.05, 0) is 5.91 Å². The van der Waals surface area contributed by atoms with Crippen LogP contribution in [0.2, 0.25) is 0 Å². The first kappa shape index (κ1) is 25.9. The van der Waals surface area contributed by atoms with Crippen LogP contribution in [0, 0.1) is 6.07 Å². The van der Waals surface area contributed by atoms with E-state index in [4.69, 9.17) is 0 Å². The minimum absolute atomic E-state index is 0. The second kappa shape index (κ2) is 20.0. The first-order valence-electron chi connectivity index (χ1n) is 7.64. The van der Waals surface area contributed by atoms with E-state index in [1.54, 1.807) is 30.3 Å². The minimum atomic E-state index is -0.262. The topological polar surface area (TPSA) is 31.2 Å². The summed E-state index contributed by atoms with van der Waals surface area (Å²) in [5.74, 6) is -0.262. The van der Waals surface area contributed by atoms with Crippen LogP contribution in [0.5, 0.6) is 0 Å². The molecular formula is C19H27NOY-2. The Labute approximate surface area is 161 Å². The van der Waals surface area contributed by atoms with Gasteiger partial charge in [0.15, 0.2) is 0 Å². The number of hydrogen-bond donors (Lipinski definition) is 0. The second-order valence-corrected chi connectivity index (χ2v) is 3.03. The predicted octanol–water partition coefficient (Wildman–Crippen LogP) is 6.41. The number of carbonyl (C=O) groups excluding carboxylic acids is 1. The summed E-state index contributed by atoms with van der Waals surface area (Å²) in [5.41, 5.74) is 1.15. The molecule has 0 aliphatic carbocycles. The molecule has 0 spiro atoms. The van der Waals surface area contributed by atoms with E-state index in [1.165, 1.54) is 0 Å². The molecule has 1 amide bonds. The normalized spacial score (nSPS) is 7.36. The van der Waals surface area contributed by atoms with Crippen LogP contribution >= 0.6 is 0 Å². The fourth-order valence-electron chi connectivity index (χ4n) is 1.21. The first-order chi connectivity index (χ1) is 10.4. The second-order valence-electron chi connectivity index (χ2n) is 3.03. The Kier molecular flexibility index (Phi) is 23.6. The van der Waals surface area contributed by atoms with E-state index in [-0.39, 0.29) is 38.6 Å². The van der Waals surface area contributed by atoms with Crippen molar-refractivity contribution in [2.24, 2.45) is 0 Å². The number of carbonyl (C=O) groups is 1. The zero-order chi connectivity index (χ0) is 16.5. The molecule has 0 atom stereocenters. The Balaban J connectivity index is -0.000000463. The van der Waals surface area contributed by atoms with Crippen molar-refractivity contribution < 1.29 is 37.5 Å². The van der Waals surface area contributed by atoms with E-state index in [1.807, 2.05) is 65.8 Å². The molecule has 1 radical (unpaired) electrons. The summed E-state index contributed by atoms with van der Waals surface area (Å²) in [6.45, 7) is 12.0. The van der Waals surface area contributed by atoms with Crippen LogP contribution in [0.1, 0.15) is 51.9 Å². The molecule has 0 unspecified atom stereocenters. The number of amides is 1. The van der Waals surface area contributed by atoms with E-state index in [0.29, 0.717) is 11.3 Å². The zero-order valence-electron chi connectivity index (χ0n) is 14.6. The third-order valence-corrected chi connectivity index (χ3v) is 1.93. The Morgan fingerprint density at radius 2 is 1.32 bits per heavy atom. The quantitative estimate of drug-likeness (QED) is 0.559. The first-order valence-corrected chi connectivity index (χ1v) is 7.64.